The summed E-state index contributed by atoms with van der Waals surface area (Å²) in [6.45, 7) is 4.96. The summed E-state index contributed by atoms with van der Waals surface area (Å²) in [5.41, 5.74) is 0.850. The zero-order valence-electron chi connectivity index (χ0n) is 13.5. The van der Waals surface area contributed by atoms with Gasteiger partial charge >= 0.3 is 0 Å². The van der Waals surface area contributed by atoms with Gasteiger partial charge in [-0.2, -0.15) is 0 Å². The van der Waals surface area contributed by atoms with E-state index in [2.05, 4.69) is 20.6 Å². The van der Waals surface area contributed by atoms with Crippen molar-refractivity contribution in [3.63, 3.8) is 0 Å². The number of amides is 1. The highest BCUT2D eigenvalue weighted by Crippen LogP contribution is 2.33. The van der Waals surface area contributed by atoms with Gasteiger partial charge in [0.1, 0.15) is 17.0 Å². The third-order valence-corrected chi connectivity index (χ3v) is 4.60. The minimum absolute atomic E-state index is 0.0954. The van der Waals surface area contributed by atoms with Crippen molar-refractivity contribution in [1.29, 1.82) is 0 Å². The monoisotopic (exact) mass is 338 g/mol. The highest BCUT2D eigenvalue weighted by Gasteiger charge is 2.20. The molecule has 0 unspecified atom stereocenters. The fourth-order valence-electron chi connectivity index (χ4n) is 2.18. The van der Waals surface area contributed by atoms with Crippen LogP contribution in [0.4, 0.5) is 5.82 Å². The maximum Gasteiger partial charge on any atom is 0.262 e. The van der Waals surface area contributed by atoms with Crippen LogP contribution in [0.15, 0.2) is 6.33 Å². The molecule has 0 aliphatic rings. The van der Waals surface area contributed by atoms with Gasteiger partial charge in [-0.15, -0.1) is 11.3 Å². The fraction of sp³-hybridized carbons (Fsp3) is 0.533. The Balaban J connectivity index is 2.25. The lowest BCUT2D eigenvalue weighted by atomic mass is 10.2. The second-order valence-corrected chi connectivity index (χ2v) is 6.29. The van der Waals surface area contributed by atoms with Crippen molar-refractivity contribution < 1.29 is 14.6 Å². The first kappa shape index (κ1) is 17.6. The predicted molar refractivity (Wildman–Crippen MR) is 91.1 cm³/mol. The van der Waals surface area contributed by atoms with E-state index in [0.29, 0.717) is 11.5 Å². The lowest BCUT2D eigenvalue weighted by Gasteiger charge is -2.10. The van der Waals surface area contributed by atoms with Gasteiger partial charge in [0.25, 0.3) is 5.91 Å². The zero-order valence-corrected chi connectivity index (χ0v) is 14.4. The standard InChI is InChI=1S/C15H22N4O3S/c1-9(7-20)19-14(21)12-10(2)11-13(16-5-4-6-22-3)17-8-18-15(11)23-12/h8-9,20H,4-7H2,1-3H3,(H,19,21)(H,16,17,18)/t9-/m1/s1. The maximum atomic E-state index is 12.3. The first-order valence-corrected chi connectivity index (χ1v) is 8.28. The number of hydrogen-bond acceptors (Lipinski definition) is 7. The van der Waals surface area contributed by atoms with Crippen LogP contribution in [-0.4, -0.2) is 53.9 Å². The number of anilines is 1. The quantitative estimate of drug-likeness (QED) is 0.632. The van der Waals surface area contributed by atoms with E-state index in [4.69, 9.17) is 9.84 Å². The van der Waals surface area contributed by atoms with Gasteiger partial charge in [0, 0.05) is 26.3 Å². The molecule has 23 heavy (non-hydrogen) atoms. The Hall–Kier alpha value is -1.77. The fourth-order valence-corrected chi connectivity index (χ4v) is 3.23. The molecule has 2 heterocycles. The Morgan fingerprint density at radius 3 is 2.96 bits per heavy atom. The molecule has 7 nitrogen and oxygen atoms in total. The normalized spacial score (nSPS) is 12.3. The molecule has 0 spiro atoms. The van der Waals surface area contributed by atoms with Crippen LogP contribution in [0.3, 0.4) is 0 Å². The van der Waals surface area contributed by atoms with Gasteiger partial charge in [-0.1, -0.05) is 0 Å². The largest absolute Gasteiger partial charge is 0.394 e. The van der Waals surface area contributed by atoms with Gasteiger partial charge in [0.15, 0.2) is 0 Å². The number of aromatic nitrogens is 2. The van der Waals surface area contributed by atoms with Crippen LogP contribution in [0.1, 0.15) is 28.6 Å². The lowest BCUT2D eigenvalue weighted by Crippen LogP contribution is -2.34. The second-order valence-electron chi connectivity index (χ2n) is 5.29. The predicted octanol–water partition coefficient (Wildman–Crippen LogP) is 1.56. The molecule has 0 aliphatic carbocycles. The number of carbonyl (C=O) groups excluding carboxylic acids is 1. The van der Waals surface area contributed by atoms with Gasteiger partial charge in [0.2, 0.25) is 0 Å². The molecule has 0 saturated carbocycles. The average molecular weight is 338 g/mol. The number of aliphatic hydroxyl groups excluding tert-OH is 1. The summed E-state index contributed by atoms with van der Waals surface area (Å²) in [6, 6.07) is -0.287. The molecule has 0 aromatic carbocycles. The Morgan fingerprint density at radius 2 is 2.26 bits per heavy atom. The molecule has 0 saturated heterocycles. The van der Waals surface area contributed by atoms with E-state index in [0.717, 1.165) is 34.6 Å². The third-order valence-electron chi connectivity index (χ3n) is 3.40. The van der Waals surface area contributed by atoms with E-state index in [1.54, 1.807) is 14.0 Å². The Labute approximate surface area is 139 Å². The summed E-state index contributed by atoms with van der Waals surface area (Å²) in [5, 5.41) is 16.0. The van der Waals surface area contributed by atoms with Crippen LogP contribution in [0.2, 0.25) is 0 Å². The van der Waals surface area contributed by atoms with Crippen LogP contribution in [0.25, 0.3) is 10.2 Å². The Kier molecular flexibility index (Phi) is 6.26. The molecule has 0 bridgehead atoms. The van der Waals surface area contributed by atoms with Crippen molar-refractivity contribution in [3.8, 4) is 0 Å². The van der Waals surface area contributed by atoms with Crippen LogP contribution >= 0.6 is 11.3 Å². The van der Waals surface area contributed by atoms with Crippen molar-refractivity contribution in [3.05, 3.63) is 16.8 Å². The second kappa shape index (κ2) is 8.19. The number of rotatable bonds is 8. The SMILES string of the molecule is COCCCNc1ncnc2sc(C(=O)N[C@H](C)CO)c(C)c12. The van der Waals surface area contributed by atoms with Crippen molar-refractivity contribution in [1.82, 2.24) is 15.3 Å². The number of methoxy groups -OCH3 is 1. The Bertz CT molecular complexity index is 674. The summed E-state index contributed by atoms with van der Waals surface area (Å²) in [7, 11) is 1.67. The molecule has 2 aromatic heterocycles. The summed E-state index contributed by atoms with van der Waals surface area (Å²) in [6.07, 6.45) is 2.36. The van der Waals surface area contributed by atoms with Crippen molar-refractivity contribution in [2.45, 2.75) is 26.3 Å². The van der Waals surface area contributed by atoms with E-state index < -0.39 is 0 Å². The number of thiophene rings is 1. The summed E-state index contributed by atoms with van der Waals surface area (Å²) < 4.78 is 5.03. The number of nitrogens with zero attached hydrogens (tertiary/aromatic N) is 2. The molecule has 0 radical (unpaired) electrons. The maximum absolute atomic E-state index is 12.3. The first-order valence-electron chi connectivity index (χ1n) is 7.47. The summed E-state index contributed by atoms with van der Waals surface area (Å²) >= 11 is 1.33. The van der Waals surface area contributed by atoms with Crippen LogP contribution < -0.4 is 10.6 Å². The molecule has 8 heteroatoms. The number of aryl methyl sites for hydroxylation is 1. The molecule has 0 aliphatic heterocycles. The molecule has 1 amide bonds. The zero-order chi connectivity index (χ0) is 16.8. The topological polar surface area (TPSA) is 96.4 Å². The molecule has 0 fully saturated rings. The first-order chi connectivity index (χ1) is 11.1. The number of fused-ring (bicyclic) bond motifs is 1. The molecule has 3 N–H and O–H groups in total. The molecule has 126 valence electrons. The highest BCUT2D eigenvalue weighted by atomic mass is 32.1. The van der Waals surface area contributed by atoms with Crippen molar-refractivity contribution in [2.24, 2.45) is 0 Å². The lowest BCUT2D eigenvalue weighted by molar-refractivity contribution is 0.0926. The minimum atomic E-state index is -0.287. The molecule has 2 rings (SSSR count). The highest BCUT2D eigenvalue weighted by molar-refractivity contribution is 7.20. The molecular formula is C15H22N4O3S. The van der Waals surface area contributed by atoms with Crippen LogP contribution in [0.5, 0.6) is 0 Å². The number of aliphatic hydroxyl groups is 1. The van der Waals surface area contributed by atoms with E-state index >= 15 is 0 Å². The number of ether oxygens (including phenoxy) is 1. The van der Waals surface area contributed by atoms with Gasteiger partial charge < -0.3 is 20.5 Å². The summed E-state index contributed by atoms with van der Waals surface area (Å²) in [4.78, 5) is 22.2. The van der Waals surface area contributed by atoms with E-state index in [9.17, 15) is 4.79 Å². The van der Waals surface area contributed by atoms with Gasteiger partial charge in [-0.25, -0.2) is 9.97 Å². The van der Waals surface area contributed by atoms with Crippen LogP contribution in [-0.2, 0) is 4.74 Å². The number of nitrogens with one attached hydrogen (secondary N) is 2. The van der Waals surface area contributed by atoms with Gasteiger partial charge in [0.05, 0.1) is 16.9 Å². The smallest absolute Gasteiger partial charge is 0.262 e. The van der Waals surface area contributed by atoms with E-state index in [1.165, 1.54) is 17.7 Å². The summed E-state index contributed by atoms with van der Waals surface area (Å²) in [5.74, 6) is 0.534. The van der Waals surface area contributed by atoms with Crippen LogP contribution in [0, 0.1) is 6.92 Å². The van der Waals surface area contributed by atoms with E-state index in [1.807, 2.05) is 6.92 Å². The van der Waals surface area contributed by atoms with Gasteiger partial charge in [-0.05, 0) is 25.8 Å². The van der Waals surface area contributed by atoms with Crippen molar-refractivity contribution >= 4 is 33.3 Å². The Morgan fingerprint density at radius 1 is 1.48 bits per heavy atom. The van der Waals surface area contributed by atoms with E-state index in [-0.39, 0.29) is 18.6 Å². The molecule has 1 atom stereocenters. The third kappa shape index (κ3) is 4.15. The average Bonchev–Trinajstić information content (AvgIpc) is 2.89. The van der Waals surface area contributed by atoms with Crippen molar-refractivity contribution in [2.75, 3.05) is 32.2 Å². The number of carbonyl (C=O) groups is 1. The minimum Gasteiger partial charge on any atom is -0.394 e. The molecule has 2 aromatic rings. The molecular weight excluding hydrogens is 316 g/mol. The van der Waals surface area contributed by atoms with Gasteiger partial charge in [-0.3, -0.25) is 4.79 Å². The number of hydrogen-bond donors (Lipinski definition) is 3.